The van der Waals surface area contributed by atoms with Crippen molar-refractivity contribution in [2.45, 2.75) is 122 Å². The average Bonchev–Trinajstić information content (AvgIpc) is 2.23. The van der Waals surface area contributed by atoms with Gasteiger partial charge in [0.2, 0.25) is 0 Å². The normalized spacial score (nSPS) is 4.50. The fraction of sp³-hybridized carbons (Fsp3) is 1.00. The molecule has 0 radical (unpaired) electrons. The maximum Gasteiger partial charge on any atom is -0.0590 e. The Kier molecular flexibility index (Phi) is 1260. The number of halogens is 6. The molecule has 0 aliphatic carbocycles. The minimum Gasteiger partial charge on any atom is -0.269 e. The Morgan fingerprint density at radius 3 is 0.208 bits per heavy atom. The van der Waals surface area contributed by atoms with Crippen LogP contribution in [0, 0.1) is 0 Å². The second kappa shape index (κ2) is 338. The quantitative estimate of drug-likeness (QED) is 0.365. The molecule has 0 aliphatic rings. The summed E-state index contributed by atoms with van der Waals surface area (Å²) in [6.45, 7) is 25.5. The molecule has 0 aromatic carbocycles. The van der Waals surface area contributed by atoms with E-state index < -0.39 is 0 Å². The van der Waals surface area contributed by atoms with Gasteiger partial charge in [0.15, 0.2) is 0 Å². The van der Waals surface area contributed by atoms with Crippen molar-refractivity contribution >= 4 is 0 Å². The Hall–Kier alpha value is -0.420. The molecule has 0 amide bonds. The van der Waals surface area contributed by atoms with Crippen molar-refractivity contribution in [3.63, 3.8) is 0 Å². The molecule has 0 fully saturated rings. The van der Waals surface area contributed by atoms with E-state index in [-0.39, 0.29) is 28.2 Å². The van der Waals surface area contributed by atoms with Gasteiger partial charge in [-0.2, -0.15) is 0 Å². The summed E-state index contributed by atoms with van der Waals surface area (Å²) in [4.78, 5) is 0. The van der Waals surface area contributed by atoms with Crippen LogP contribution in [0.3, 0.4) is 0 Å². The van der Waals surface area contributed by atoms with Crippen LogP contribution in [-0.4, -0.2) is 0 Å². The van der Waals surface area contributed by atoms with E-state index >= 15 is 0 Å². The van der Waals surface area contributed by atoms with E-state index in [1.807, 2.05) is 0 Å². The Labute approximate surface area is 150 Å². The molecule has 0 aliphatic heterocycles. The predicted molar refractivity (Wildman–Crippen MR) is 111 cm³/mol. The Morgan fingerprint density at radius 1 is 0.208 bits per heavy atom. The Bertz CT molecular complexity index is 35.0. The molecule has 0 heterocycles. The highest BCUT2D eigenvalue weighted by molar-refractivity contribution is 3.93. The average molecular weight is 385 g/mol. The highest BCUT2D eigenvalue weighted by atomic mass is 19.0. The molecule has 6 heteroatoms. The molecule has 0 aromatic heterocycles. The smallest absolute Gasteiger partial charge is 0.0590 e. The standard InChI is InChI=1S/6C3H8.6FH/c6*1-3-2;;;;;;/h6*3H2,1-2H3;6*1H. The van der Waals surface area contributed by atoms with E-state index in [0.717, 1.165) is 0 Å². The number of hydrogen-bond acceptors (Lipinski definition) is 0. The summed E-state index contributed by atoms with van der Waals surface area (Å²) in [6, 6.07) is 0. The maximum absolute atomic E-state index is 2.12. The molecular formula is C18H54F6. The van der Waals surface area contributed by atoms with Gasteiger partial charge in [0.05, 0.1) is 0 Å². The summed E-state index contributed by atoms with van der Waals surface area (Å²) in [5.41, 5.74) is 0. The van der Waals surface area contributed by atoms with E-state index in [9.17, 15) is 0 Å². The second-order valence-corrected chi connectivity index (χ2v) is 4.24. The number of rotatable bonds is 0. The van der Waals surface area contributed by atoms with Crippen LogP contribution in [0.15, 0.2) is 0 Å². The van der Waals surface area contributed by atoms with Gasteiger partial charge in [-0.15, -0.1) is 0 Å². The molecule has 24 heavy (non-hydrogen) atoms. The van der Waals surface area contributed by atoms with Crippen LogP contribution in [0.5, 0.6) is 0 Å². The molecule has 0 unspecified atom stereocenters. The van der Waals surface area contributed by atoms with Gasteiger partial charge in [0.1, 0.15) is 0 Å². The SMILES string of the molecule is CCC.CCC.CCC.CCC.CCC.CCC.F.F.F.F.F.F. The summed E-state index contributed by atoms with van der Waals surface area (Å²) in [6.07, 6.45) is 7.50. The van der Waals surface area contributed by atoms with Crippen LogP contribution in [0.4, 0.5) is 28.2 Å². The molecule has 0 N–H and O–H groups in total. The summed E-state index contributed by atoms with van der Waals surface area (Å²) in [5.74, 6) is 0. The molecule has 0 atom stereocenters. The van der Waals surface area contributed by atoms with Gasteiger partial charge in [-0.05, 0) is 0 Å². The van der Waals surface area contributed by atoms with Crippen molar-refractivity contribution in [1.82, 2.24) is 0 Å². The largest absolute Gasteiger partial charge is 0.269 e. The molecular weight excluding hydrogens is 330 g/mol. The molecule has 0 spiro atoms. The first kappa shape index (κ1) is 89.7. The Morgan fingerprint density at radius 2 is 0.208 bits per heavy atom. The molecule has 0 aromatic rings. The van der Waals surface area contributed by atoms with E-state index in [1.165, 1.54) is 38.5 Å². The van der Waals surface area contributed by atoms with Crippen LogP contribution in [0.25, 0.3) is 0 Å². The van der Waals surface area contributed by atoms with Gasteiger partial charge in [-0.3, -0.25) is 28.2 Å². The first-order chi connectivity index (χ1) is 8.49. The predicted octanol–water partition coefficient (Wildman–Crippen LogP) is 9.41. The van der Waals surface area contributed by atoms with E-state index in [1.54, 1.807) is 0 Å². The van der Waals surface area contributed by atoms with Crippen molar-refractivity contribution in [3.8, 4) is 0 Å². The third kappa shape index (κ3) is 51800. The lowest BCUT2D eigenvalue weighted by atomic mass is 10.6. The van der Waals surface area contributed by atoms with Gasteiger partial charge in [0, 0.05) is 0 Å². The van der Waals surface area contributed by atoms with Gasteiger partial charge in [0.25, 0.3) is 0 Å². The van der Waals surface area contributed by atoms with Crippen LogP contribution < -0.4 is 0 Å². The van der Waals surface area contributed by atoms with Gasteiger partial charge in [-0.25, -0.2) is 0 Å². The first-order valence-electron chi connectivity index (χ1n) is 8.49. The van der Waals surface area contributed by atoms with Crippen LogP contribution >= 0.6 is 0 Å². The topological polar surface area (TPSA) is 0 Å². The first-order valence-corrected chi connectivity index (χ1v) is 8.49. The van der Waals surface area contributed by atoms with Crippen molar-refractivity contribution in [2.75, 3.05) is 0 Å². The van der Waals surface area contributed by atoms with E-state index in [0.29, 0.717) is 0 Å². The number of hydrogen-bond donors (Lipinski definition) is 0. The molecule has 0 bridgehead atoms. The van der Waals surface area contributed by atoms with Crippen LogP contribution in [0.2, 0.25) is 0 Å². The fourth-order valence-corrected chi connectivity index (χ4v) is 0. The molecule has 0 saturated heterocycles. The maximum atomic E-state index is 2.12. The lowest BCUT2D eigenvalue weighted by Crippen LogP contribution is -1.27. The summed E-state index contributed by atoms with van der Waals surface area (Å²) in [7, 11) is 0. The second-order valence-electron chi connectivity index (χ2n) is 4.24. The minimum atomic E-state index is 0. The van der Waals surface area contributed by atoms with Crippen LogP contribution in [-0.2, 0) is 0 Å². The highest BCUT2D eigenvalue weighted by Crippen LogP contribution is 1.57. The van der Waals surface area contributed by atoms with Crippen molar-refractivity contribution in [3.05, 3.63) is 0 Å². The van der Waals surface area contributed by atoms with Gasteiger partial charge in [-0.1, -0.05) is 122 Å². The molecule has 168 valence electrons. The van der Waals surface area contributed by atoms with Crippen molar-refractivity contribution < 1.29 is 28.2 Å². The van der Waals surface area contributed by atoms with Crippen LogP contribution in [0.1, 0.15) is 122 Å². The van der Waals surface area contributed by atoms with Crippen molar-refractivity contribution in [2.24, 2.45) is 0 Å². The molecule has 0 rings (SSSR count). The van der Waals surface area contributed by atoms with Crippen molar-refractivity contribution in [1.29, 1.82) is 0 Å². The molecule has 0 nitrogen and oxygen atoms in total. The highest BCUT2D eigenvalue weighted by Gasteiger charge is 1.37. The van der Waals surface area contributed by atoms with Gasteiger partial charge < -0.3 is 0 Å². The zero-order valence-corrected chi connectivity index (χ0v) is 18.7. The lowest BCUT2D eigenvalue weighted by molar-refractivity contribution is 1.09. The lowest BCUT2D eigenvalue weighted by Gasteiger charge is -1.48. The third-order valence-electron chi connectivity index (χ3n) is 0. The zero-order chi connectivity index (χ0) is 16.2. The molecule has 0 saturated carbocycles. The summed E-state index contributed by atoms with van der Waals surface area (Å²) >= 11 is 0. The third-order valence-corrected chi connectivity index (χ3v) is 0. The summed E-state index contributed by atoms with van der Waals surface area (Å²) < 4.78 is 0. The Balaban J connectivity index is -0.00000000686. The summed E-state index contributed by atoms with van der Waals surface area (Å²) in [5, 5.41) is 0. The zero-order valence-electron chi connectivity index (χ0n) is 18.7. The van der Waals surface area contributed by atoms with E-state index in [4.69, 9.17) is 0 Å². The monoisotopic (exact) mass is 384 g/mol. The fourth-order valence-electron chi connectivity index (χ4n) is 0. The minimum absolute atomic E-state index is 0. The van der Waals surface area contributed by atoms with E-state index in [2.05, 4.69) is 83.1 Å². The van der Waals surface area contributed by atoms with Gasteiger partial charge >= 0.3 is 0 Å².